The number of aryl methyl sites for hydroxylation is 1. The average Bonchev–Trinajstić information content (AvgIpc) is 3.54. The first-order chi connectivity index (χ1) is 13.6. The van der Waals surface area contributed by atoms with Gasteiger partial charge in [-0.1, -0.05) is 24.3 Å². The number of carbonyl (C=O) groups is 1. The second-order valence-corrected chi connectivity index (χ2v) is 7.01. The van der Waals surface area contributed by atoms with Crippen LogP contribution in [-0.2, 0) is 20.9 Å². The topological polar surface area (TPSA) is 56.8 Å². The van der Waals surface area contributed by atoms with Gasteiger partial charge in [-0.2, -0.15) is 0 Å². The molecule has 0 saturated heterocycles. The summed E-state index contributed by atoms with van der Waals surface area (Å²) < 4.78 is 16.0. The Morgan fingerprint density at radius 3 is 2.64 bits per heavy atom. The second kappa shape index (κ2) is 9.31. The highest BCUT2D eigenvalue weighted by Gasteiger charge is 2.20. The molecule has 5 heteroatoms. The van der Waals surface area contributed by atoms with Crippen molar-refractivity contribution in [3.05, 3.63) is 65.4 Å². The van der Waals surface area contributed by atoms with E-state index in [1.54, 1.807) is 0 Å². The van der Waals surface area contributed by atoms with Gasteiger partial charge < -0.3 is 19.5 Å². The maximum atomic E-state index is 12.1. The fourth-order valence-corrected chi connectivity index (χ4v) is 3.02. The molecule has 1 N–H and O–H groups in total. The Balaban J connectivity index is 1.72. The number of methoxy groups -OCH3 is 2. The van der Waals surface area contributed by atoms with E-state index >= 15 is 0 Å². The highest BCUT2D eigenvalue weighted by atomic mass is 16.5. The quantitative estimate of drug-likeness (QED) is 0.392. The molecule has 2 aromatic rings. The summed E-state index contributed by atoms with van der Waals surface area (Å²) in [4.78, 5) is 12.1. The molecular weight excluding hydrogens is 354 g/mol. The van der Waals surface area contributed by atoms with Gasteiger partial charge in [-0.25, -0.2) is 4.79 Å². The van der Waals surface area contributed by atoms with E-state index in [-0.39, 0.29) is 0 Å². The Kier molecular flexibility index (Phi) is 6.58. The van der Waals surface area contributed by atoms with Crippen LogP contribution in [0.5, 0.6) is 5.75 Å². The van der Waals surface area contributed by atoms with Crippen molar-refractivity contribution in [1.82, 2.24) is 0 Å². The third-order valence-corrected chi connectivity index (χ3v) is 4.80. The fraction of sp³-hybridized carbons (Fsp3) is 0.348. The van der Waals surface area contributed by atoms with Crippen molar-refractivity contribution in [2.24, 2.45) is 5.92 Å². The summed E-state index contributed by atoms with van der Waals surface area (Å²) in [5.41, 5.74) is 4.16. The Morgan fingerprint density at radius 1 is 1.18 bits per heavy atom. The summed E-state index contributed by atoms with van der Waals surface area (Å²) in [6, 6.07) is 13.7. The predicted octanol–water partition coefficient (Wildman–Crippen LogP) is 4.56. The lowest BCUT2D eigenvalue weighted by Crippen LogP contribution is -2.08. The SMILES string of the molecule is CO/C=C(/C(=O)OC)c1ccccc1COc1ccc(NCC2CC2)cc1C. The molecular formula is C23H27NO4. The van der Waals surface area contributed by atoms with Gasteiger partial charge in [0.15, 0.2) is 0 Å². The monoisotopic (exact) mass is 381 g/mol. The zero-order chi connectivity index (χ0) is 19.9. The van der Waals surface area contributed by atoms with Gasteiger partial charge in [-0.15, -0.1) is 0 Å². The molecule has 0 aromatic heterocycles. The largest absolute Gasteiger partial charge is 0.503 e. The smallest absolute Gasteiger partial charge is 0.341 e. The first-order valence-corrected chi connectivity index (χ1v) is 9.49. The van der Waals surface area contributed by atoms with E-state index < -0.39 is 5.97 Å². The lowest BCUT2D eigenvalue weighted by molar-refractivity contribution is -0.133. The minimum Gasteiger partial charge on any atom is -0.503 e. The van der Waals surface area contributed by atoms with Gasteiger partial charge in [0.25, 0.3) is 0 Å². The maximum Gasteiger partial charge on any atom is 0.341 e. The Hall–Kier alpha value is -2.95. The number of rotatable bonds is 9. The molecule has 0 bridgehead atoms. The Morgan fingerprint density at radius 2 is 1.96 bits per heavy atom. The molecule has 0 unspecified atom stereocenters. The van der Waals surface area contributed by atoms with Crippen LogP contribution in [0.15, 0.2) is 48.7 Å². The van der Waals surface area contributed by atoms with Crippen LogP contribution >= 0.6 is 0 Å². The molecule has 0 amide bonds. The summed E-state index contributed by atoms with van der Waals surface area (Å²) in [7, 11) is 2.86. The molecule has 0 radical (unpaired) electrons. The number of hydrogen-bond acceptors (Lipinski definition) is 5. The van der Waals surface area contributed by atoms with Crippen molar-refractivity contribution in [2.75, 3.05) is 26.1 Å². The van der Waals surface area contributed by atoms with E-state index in [1.807, 2.05) is 43.3 Å². The highest BCUT2D eigenvalue weighted by molar-refractivity contribution is 6.16. The summed E-state index contributed by atoms with van der Waals surface area (Å²) >= 11 is 0. The molecule has 5 nitrogen and oxygen atoms in total. The summed E-state index contributed by atoms with van der Waals surface area (Å²) in [5, 5.41) is 3.48. The number of carbonyl (C=O) groups excluding carboxylic acids is 1. The predicted molar refractivity (Wildman–Crippen MR) is 110 cm³/mol. The molecule has 1 aliphatic rings. The van der Waals surface area contributed by atoms with Gasteiger partial charge in [0.1, 0.15) is 17.9 Å². The van der Waals surface area contributed by atoms with Crippen LogP contribution < -0.4 is 10.1 Å². The number of ether oxygens (including phenoxy) is 3. The third kappa shape index (κ3) is 5.06. The van der Waals surface area contributed by atoms with E-state index in [4.69, 9.17) is 14.2 Å². The zero-order valence-corrected chi connectivity index (χ0v) is 16.7. The van der Waals surface area contributed by atoms with Crippen molar-refractivity contribution < 1.29 is 19.0 Å². The van der Waals surface area contributed by atoms with E-state index in [0.29, 0.717) is 12.2 Å². The number of esters is 1. The molecule has 0 aliphatic heterocycles. The maximum absolute atomic E-state index is 12.1. The molecule has 0 spiro atoms. The van der Waals surface area contributed by atoms with Crippen molar-refractivity contribution >= 4 is 17.2 Å². The van der Waals surface area contributed by atoms with Crippen LogP contribution in [0, 0.1) is 12.8 Å². The molecule has 2 aromatic carbocycles. The van der Waals surface area contributed by atoms with Crippen LogP contribution in [-0.4, -0.2) is 26.7 Å². The molecule has 1 aliphatic carbocycles. The number of nitrogens with one attached hydrogen (secondary N) is 1. The van der Waals surface area contributed by atoms with E-state index in [2.05, 4.69) is 11.4 Å². The van der Waals surface area contributed by atoms with Gasteiger partial charge in [0, 0.05) is 12.2 Å². The van der Waals surface area contributed by atoms with Crippen molar-refractivity contribution in [2.45, 2.75) is 26.4 Å². The van der Waals surface area contributed by atoms with Gasteiger partial charge in [0.2, 0.25) is 0 Å². The van der Waals surface area contributed by atoms with Crippen LogP contribution in [0.4, 0.5) is 5.69 Å². The molecule has 1 saturated carbocycles. The summed E-state index contributed by atoms with van der Waals surface area (Å²) in [5.74, 6) is 1.20. The molecule has 3 rings (SSSR count). The van der Waals surface area contributed by atoms with E-state index in [9.17, 15) is 4.79 Å². The minimum absolute atomic E-state index is 0.337. The van der Waals surface area contributed by atoms with Crippen LogP contribution in [0.2, 0.25) is 0 Å². The summed E-state index contributed by atoms with van der Waals surface area (Å²) in [6.45, 7) is 3.41. The second-order valence-electron chi connectivity index (χ2n) is 7.01. The fourth-order valence-electron chi connectivity index (χ4n) is 3.02. The number of benzene rings is 2. The molecule has 0 atom stereocenters. The average molecular weight is 381 g/mol. The zero-order valence-electron chi connectivity index (χ0n) is 16.7. The Labute approximate surface area is 166 Å². The molecule has 1 fully saturated rings. The molecule has 148 valence electrons. The third-order valence-electron chi connectivity index (χ3n) is 4.80. The van der Waals surface area contributed by atoms with Crippen molar-refractivity contribution in [3.8, 4) is 5.75 Å². The Bertz CT molecular complexity index is 855. The molecule has 0 heterocycles. The summed E-state index contributed by atoms with van der Waals surface area (Å²) in [6.07, 6.45) is 4.06. The van der Waals surface area contributed by atoms with E-state index in [1.165, 1.54) is 33.3 Å². The standard InChI is InChI=1S/C23H27NO4/c1-16-12-19(24-13-17-8-9-17)10-11-22(16)28-14-18-6-4-5-7-20(18)21(15-26-2)23(25)27-3/h4-7,10-12,15,17,24H,8-9,13-14H2,1-3H3/b21-15+. The first-order valence-electron chi connectivity index (χ1n) is 9.49. The lowest BCUT2D eigenvalue weighted by Gasteiger charge is -2.15. The van der Waals surface area contributed by atoms with Crippen molar-refractivity contribution in [3.63, 3.8) is 0 Å². The number of anilines is 1. The van der Waals surface area contributed by atoms with Gasteiger partial charge in [-0.05, 0) is 60.6 Å². The van der Waals surface area contributed by atoms with Crippen LogP contribution in [0.1, 0.15) is 29.5 Å². The van der Waals surface area contributed by atoms with Gasteiger partial charge in [0.05, 0.1) is 20.5 Å². The molecule has 28 heavy (non-hydrogen) atoms. The van der Waals surface area contributed by atoms with Gasteiger partial charge >= 0.3 is 5.97 Å². The minimum atomic E-state index is -0.448. The normalized spacial score (nSPS) is 13.8. The van der Waals surface area contributed by atoms with E-state index in [0.717, 1.165) is 40.6 Å². The van der Waals surface area contributed by atoms with Crippen LogP contribution in [0.25, 0.3) is 5.57 Å². The van der Waals surface area contributed by atoms with Crippen molar-refractivity contribution in [1.29, 1.82) is 0 Å². The first kappa shape index (κ1) is 19.8. The van der Waals surface area contributed by atoms with Gasteiger partial charge in [-0.3, -0.25) is 0 Å². The highest BCUT2D eigenvalue weighted by Crippen LogP contribution is 2.30. The van der Waals surface area contributed by atoms with Crippen LogP contribution in [0.3, 0.4) is 0 Å². The number of hydrogen-bond donors (Lipinski definition) is 1. The lowest BCUT2D eigenvalue weighted by atomic mass is 10.0.